The molecule has 0 atom stereocenters. The molecular weight excluding hydrogens is 336 g/mol. The van der Waals surface area contributed by atoms with Crippen molar-refractivity contribution in [2.45, 2.75) is 66.3 Å². The number of ether oxygens (including phenoxy) is 1. The Morgan fingerprint density at radius 2 is 1.72 bits per heavy atom. The lowest BCUT2D eigenvalue weighted by atomic mass is 10.0. The molecular formula is C20H35ClN2O2. The maximum Gasteiger partial charge on any atom is 0.243 e. The van der Waals surface area contributed by atoms with E-state index < -0.39 is 0 Å². The van der Waals surface area contributed by atoms with Crippen LogP contribution in [0.5, 0.6) is 0 Å². The number of nitrogens with zero attached hydrogens (tertiary/aromatic N) is 1. The minimum absolute atomic E-state index is 0.0294. The number of alkyl halides is 1. The number of hydrogen-bond donors (Lipinski definition) is 1. The number of halogens is 1. The van der Waals surface area contributed by atoms with Gasteiger partial charge < -0.3 is 10.5 Å². The zero-order valence-electron chi connectivity index (χ0n) is 16.5. The molecule has 0 aliphatic heterocycles. The zero-order chi connectivity index (χ0) is 19.2. The predicted octanol–water partition coefficient (Wildman–Crippen LogP) is 4.51. The number of benzene rings is 1. The molecule has 0 radical (unpaired) electrons. The van der Waals surface area contributed by atoms with E-state index in [-0.39, 0.29) is 18.5 Å². The molecule has 0 saturated heterocycles. The number of amides is 1. The van der Waals surface area contributed by atoms with Crippen molar-refractivity contribution in [3.63, 3.8) is 0 Å². The highest BCUT2D eigenvalue weighted by molar-refractivity contribution is 6.29. The number of nitrogens with two attached hydrogens (primary N) is 1. The largest absolute Gasteiger partial charge is 0.361 e. The standard InChI is InChI=1S/C17H26ClNO2.C3H9N/c1-4-7-11-21-13-19(16(20)12-18)17-14(5-2)9-8-10-15(17)6-3;1-3(2)4/h8-10H,4-7,11-13H2,1-3H3;3H,4H2,1-2H3. The lowest BCUT2D eigenvalue weighted by Gasteiger charge is -2.26. The number of rotatable bonds is 9. The van der Waals surface area contributed by atoms with Gasteiger partial charge in [0.1, 0.15) is 12.6 Å². The first-order valence-corrected chi connectivity index (χ1v) is 9.76. The first kappa shape index (κ1) is 23.9. The predicted molar refractivity (Wildman–Crippen MR) is 108 cm³/mol. The van der Waals surface area contributed by atoms with Crippen molar-refractivity contribution in [3.8, 4) is 0 Å². The van der Waals surface area contributed by atoms with Crippen LogP contribution in [0.4, 0.5) is 5.69 Å². The molecule has 0 saturated carbocycles. The molecule has 0 aromatic heterocycles. The third-order valence-electron chi connectivity index (χ3n) is 3.51. The summed E-state index contributed by atoms with van der Waals surface area (Å²) in [5.41, 5.74) is 8.41. The normalized spacial score (nSPS) is 10.4. The van der Waals surface area contributed by atoms with E-state index in [0.29, 0.717) is 12.6 Å². The minimum atomic E-state index is -0.108. The van der Waals surface area contributed by atoms with Gasteiger partial charge in [-0.2, -0.15) is 0 Å². The summed E-state index contributed by atoms with van der Waals surface area (Å²) < 4.78 is 5.66. The van der Waals surface area contributed by atoms with E-state index in [1.807, 2.05) is 19.9 Å². The topological polar surface area (TPSA) is 55.6 Å². The molecule has 0 bridgehead atoms. The van der Waals surface area contributed by atoms with Crippen LogP contribution in [-0.2, 0) is 22.4 Å². The molecule has 1 rings (SSSR count). The van der Waals surface area contributed by atoms with Crippen molar-refractivity contribution in [1.82, 2.24) is 0 Å². The number of carbonyl (C=O) groups excluding carboxylic acids is 1. The third-order valence-corrected chi connectivity index (χ3v) is 3.74. The Morgan fingerprint density at radius 3 is 2.12 bits per heavy atom. The van der Waals surface area contributed by atoms with Gasteiger partial charge in [-0.05, 0) is 36.4 Å². The number of para-hydroxylation sites is 1. The van der Waals surface area contributed by atoms with Gasteiger partial charge in [-0.15, -0.1) is 11.6 Å². The van der Waals surface area contributed by atoms with Crippen LogP contribution in [0.25, 0.3) is 0 Å². The monoisotopic (exact) mass is 370 g/mol. The van der Waals surface area contributed by atoms with E-state index in [1.165, 1.54) is 0 Å². The fraction of sp³-hybridized carbons (Fsp3) is 0.650. The second-order valence-corrected chi connectivity index (χ2v) is 6.49. The first-order valence-electron chi connectivity index (χ1n) is 9.23. The Labute approximate surface area is 158 Å². The second kappa shape index (κ2) is 14.1. The van der Waals surface area contributed by atoms with Crippen LogP contribution in [0, 0.1) is 0 Å². The van der Waals surface area contributed by atoms with E-state index in [9.17, 15) is 4.79 Å². The maximum absolute atomic E-state index is 12.2. The van der Waals surface area contributed by atoms with Crippen molar-refractivity contribution < 1.29 is 9.53 Å². The SMILES string of the molecule is CC(C)N.CCCCOCN(C(=O)CCl)c1c(CC)cccc1CC. The molecule has 0 unspecified atom stereocenters. The van der Waals surface area contributed by atoms with Crippen LogP contribution in [0.15, 0.2) is 18.2 Å². The highest BCUT2D eigenvalue weighted by Gasteiger charge is 2.20. The Balaban J connectivity index is 0.00000129. The van der Waals surface area contributed by atoms with E-state index in [4.69, 9.17) is 22.1 Å². The number of anilines is 1. The smallest absolute Gasteiger partial charge is 0.243 e. The summed E-state index contributed by atoms with van der Waals surface area (Å²) in [5, 5.41) is 0. The van der Waals surface area contributed by atoms with Crippen molar-refractivity contribution in [2.75, 3.05) is 24.1 Å². The molecule has 4 nitrogen and oxygen atoms in total. The molecule has 0 fully saturated rings. The molecule has 1 amide bonds. The highest BCUT2D eigenvalue weighted by atomic mass is 35.5. The van der Waals surface area contributed by atoms with Crippen LogP contribution in [0.2, 0.25) is 0 Å². The van der Waals surface area contributed by atoms with Gasteiger partial charge in [-0.3, -0.25) is 9.69 Å². The van der Waals surface area contributed by atoms with E-state index in [2.05, 4.69) is 32.9 Å². The van der Waals surface area contributed by atoms with Gasteiger partial charge in [0.2, 0.25) is 5.91 Å². The molecule has 5 heteroatoms. The Bertz CT molecular complexity index is 468. The molecule has 25 heavy (non-hydrogen) atoms. The molecule has 0 aliphatic carbocycles. The van der Waals surface area contributed by atoms with Crippen LogP contribution < -0.4 is 10.6 Å². The Hall–Kier alpha value is -1.10. The van der Waals surface area contributed by atoms with Crippen LogP contribution in [0.1, 0.15) is 58.6 Å². The molecule has 0 aliphatic rings. The average molecular weight is 371 g/mol. The van der Waals surface area contributed by atoms with E-state index in [1.54, 1.807) is 4.90 Å². The van der Waals surface area contributed by atoms with E-state index >= 15 is 0 Å². The lowest BCUT2D eigenvalue weighted by molar-refractivity contribution is -0.117. The lowest BCUT2D eigenvalue weighted by Crippen LogP contribution is -2.35. The minimum Gasteiger partial charge on any atom is -0.361 e. The van der Waals surface area contributed by atoms with E-state index in [0.717, 1.165) is 42.5 Å². The van der Waals surface area contributed by atoms with Crippen molar-refractivity contribution in [3.05, 3.63) is 29.3 Å². The summed E-state index contributed by atoms with van der Waals surface area (Å²) in [6.45, 7) is 11.1. The first-order chi connectivity index (χ1) is 11.9. The number of carbonyl (C=O) groups is 1. The average Bonchev–Trinajstić information content (AvgIpc) is 2.60. The molecule has 144 valence electrons. The van der Waals surface area contributed by atoms with Gasteiger partial charge in [-0.25, -0.2) is 0 Å². The summed E-state index contributed by atoms with van der Waals surface area (Å²) in [5.74, 6) is -0.137. The van der Waals surface area contributed by atoms with Gasteiger partial charge in [0.05, 0.1) is 5.69 Å². The molecule has 1 aromatic carbocycles. The number of aryl methyl sites for hydroxylation is 2. The summed E-state index contributed by atoms with van der Waals surface area (Å²) in [6.07, 6.45) is 3.84. The summed E-state index contributed by atoms with van der Waals surface area (Å²) in [7, 11) is 0. The zero-order valence-corrected chi connectivity index (χ0v) is 17.2. The summed E-state index contributed by atoms with van der Waals surface area (Å²) >= 11 is 5.78. The van der Waals surface area contributed by atoms with Crippen LogP contribution in [-0.4, -0.2) is 31.2 Å². The fourth-order valence-electron chi connectivity index (χ4n) is 2.30. The Morgan fingerprint density at radius 1 is 1.20 bits per heavy atom. The van der Waals surface area contributed by atoms with Crippen molar-refractivity contribution in [2.24, 2.45) is 5.73 Å². The maximum atomic E-state index is 12.2. The Kier molecular flexibility index (Phi) is 13.5. The quantitative estimate of drug-likeness (QED) is 0.395. The summed E-state index contributed by atoms with van der Waals surface area (Å²) in [6, 6.07) is 6.51. The highest BCUT2D eigenvalue weighted by Crippen LogP contribution is 2.27. The molecule has 2 N–H and O–H groups in total. The second-order valence-electron chi connectivity index (χ2n) is 6.22. The molecule has 0 heterocycles. The van der Waals surface area contributed by atoms with Gasteiger partial charge in [0, 0.05) is 6.61 Å². The molecule has 0 spiro atoms. The van der Waals surface area contributed by atoms with Gasteiger partial charge in [0.25, 0.3) is 0 Å². The van der Waals surface area contributed by atoms with Gasteiger partial charge >= 0.3 is 0 Å². The fourth-order valence-corrected chi connectivity index (χ4v) is 2.44. The molecule has 1 aromatic rings. The number of unbranched alkanes of at least 4 members (excludes halogenated alkanes) is 1. The number of hydrogen-bond acceptors (Lipinski definition) is 3. The summed E-state index contributed by atoms with van der Waals surface area (Å²) in [4.78, 5) is 13.9. The van der Waals surface area contributed by atoms with Gasteiger partial charge in [0.15, 0.2) is 0 Å². The van der Waals surface area contributed by atoms with Crippen LogP contribution in [0.3, 0.4) is 0 Å². The van der Waals surface area contributed by atoms with Crippen molar-refractivity contribution in [1.29, 1.82) is 0 Å². The van der Waals surface area contributed by atoms with Crippen LogP contribution >= 0.6 is 11.6 Å². The third kappa shape index (κ3) is 9.24. The van der Waals surface area contributed by atoms with Gasteiger partial charge in [-0.1, -0.05) is 59.2 Å². The van der Waals surface area contributed by atoms with Crippen molar-refractivity contribution >= 4 is 23.2 Å².